The second-order valence-corrected chi connectivity index (χ2v) is 4.76. The van der Waals surface area contributed by atoms with E-state index in [0.29, 0.717) is 6.54 Å². The molecule has 0 aromatic heterocycles. The monoisotopic (exact) mass is 242 g/mol. The molecule has 2 N–H and O–H groups in total. The Kier molecular flexibility index (Phi) is 4.55. The predicted octanol–water partition coefficient (Wildman–Crippen LogP) is 1.87. The molecular weight excluding hydrogens is 224 g/mol. The smallest absolute Gasteiger partial charge is 0.316 e. The Hall–Kier alpha value is -0.360. The first-order valence-electron chi connectivity index (χ1n) is 5.43. The van der Waals surface area contributed by atoms with Gasteiger partial charge in [-0.1, -0.05) is 6.92 Å². The third kappa shape index (κ3) is 3.90. The van der Waals surface area contributed by atoms with Crippen LogP contribution < -0.4 is 10.6 Å². The van der Waals surface area contributed by atoms with E-state index in [2.05, 4.69) is 10.6 Å². The van der Waals surface area contributed by atoms with Gasteiger partial charge in [0, 0.05) is 13.1 Å². The molecular formula is C10H18F4N2. The zero-order chi connectivity index (χ0) is 12.2. The molecule has 1 unspecified atom stereocenters. The Labute approximate surface area is 92.8 Å². The molecule has 0 aromatic rings. The van der Waals surface area contributed by atoms with Crippen LogP contribution in [-0.4, -0.2) is 38.5 Å². The second kappa shape index (κ2) is 5.31. The normalized spacial score (nSPS) is 27.4. The van der Waals surface area contributed by atoms with E-state index >= 15 is 0 Å². The molecule has 1 heterocycles. The van der Waals surface area contributed by atoms with Crippen molar-refractivity contribution in [2.75, 3.05) is 26.2 Å². The van der Waals surface area contributed by atoms with Gasteiger partial charge >= 0.3 is 12.3 Å². The van der Waals surface area contributed by atoms with Gasteiger partial charge in [0.1, 0.15) is 0 Å². The van der Waals surface area contributed by atoms with Crippen LogP contribution in [0.25, 0.3) is 0 Å². The molecule has 0 bridgehead atoms. The second-order valence-electron chi connectivity index (χ2n) is 4.76. The summed E-state index contributed by atoms with van der Waals surface area (Å²) in [7, 11) is 0. The molecule has 1 atom stereocenters. The molecule has 0 amide bonds. The number of hydrogen-bond donors (Lipinski definition) is 2. The minimum atomic E-state index is -3.93. The first-order valence-corrected chi connectivity index (χ1v) is 5.43. The van der Waals surface area contributed by atoms with Crippen molar-refractivity contribution in [1.82, 2.24) is 10.6 Å². The summed E-state index contributed by atoms with van der Waals surface area (Å²) in [5, 5.41) is 5.62. The van der Waals surface area contributed by atoms with E-state index in [1.54, 1.807) is 0 Å². The summed E-state index contributed by atoms with van der Waals surface area (Å²) in [6, 6.07) is 0. The molecule has 1 aliphatic rings. The van der Waals surface area contributed by atoms with Crippen LogP contribution in [0.1, 0.15) is 19.8 Å². The zero-order valence-electron chi connectivity index (χ0n) is 9.33. The van der Waals surface area contributed by atoms with Crippen LogP contribution in [0.15, 0.2) is 0 Å². The summed E-state index contributed by atoms with van der Waals surface area (Å²) in [4.78, 5) is 0. The van der Waals surface area contributed by atoms with Gasteiger partial charge in [-0.15, -0.1) is 0 Å². The number of hydrogen-bond acceptors (Lipinski definition) is 2. The van der Waals surface area contributed by atoms with Gasteiger partial charge in [-0.25, -0.2) is 8.78 Å². The Balaban J connectivity index is 2.29. The van der Waals surface area contributed by atoms with Gasteiger partial charge in [0.05, 0.1) is 6.54 Å². The van der Waals surface area contributed by atoms with Crippen LogP contribution in [0.4, 0.5) is 17.6 Å². The fraction of sp³-hybridized carbons (Fsp3) is 1.00. The Morgan fingerprint density at radius 2 is 2.12 bits per heavy atom. The minimum absolute atomic E-state index is 0.115. The van der Waals surface area contributed by atoms with Gasteiger partial charge in [0.15, 0.2) is 0 Å². The summed E-state index contributed by atoms with van der Waals surface area (Å²) in [5.41, 5.74) is -0.115. The fourth-order valence-electron chi connectivity index (χ4n) is 1.88. The van der Waals surface area contributed by atoms with E-state index < -0.39 is 18.9 Å². The highest BCUT2D eigenvalue weighted by atomic mass is 19.3. The highest BCUT2D eigenvalue weighted by Gasteiger charge is 2.40. The van der Waals surface area contributed by atoms with Crippen molar-refractivity contribution in [3.63, 3.8) is 0 Å². The standard InChI is InChI=1S/C10H18F4N2/c1-9(3-2-4-15-5-9)6-16-7-10(13,14)8(11)12/h8,15-16H,2-7H2,1H3. The van der Waals surface area contributed by atoms with Crippen LogP contribution in [0.5, 0.6) is 0 Å². The van der Waals surface area contributed by atoms with E-state index in [1.807, 2.05) is 6.92 Å². The molecule has 1 fully saturated rings. The average Bonchev–Trinajstić information content (AvgIpc) is 2.17. The Morgan fingerprint density at radius 3 is 2.62 bits per heavy atom. The number of nitrogens with one attached hydrogen (secondary N) is 2. The third-order valence-corrected chi connectivity index (χ3v) is 2.92. The molecule has 0 spiro atoms. The van der Waals surface area contributed by atoms with Crippen LogP contribution >= 0.6 is 0 Å². The van der Waals surface area contributed by atoms with Crippen molar-refractivity contribution in [2.24, 2.45) is 5.41 Å². The number of rotatable bonds is 5. The fourth-order valence-corrected chi connectivity index (χ4v) is 1.88. The summed E-state index contributed by atoms with van der Waals surface area (Å²) in [5.74, 6) is -3.93. The van der Waals surface area contributed by atoms with Crippen LogP contribution in [-0.2, 0) is 0 Å². The van der Waals surface area contributed by atoms with Crippen molar-refractivity contribution in [2.45, 2.75) is 32.1 Å². The minimum Gasteiger partial charge on any atom is -0.316 e. The molecule has 1 aliphatic heterocycles. The maximum absolute atomic E-state index is 12.6. The largest absolute Gasteiger partial charge is 0.319 e. The van der Waals surface area contributed by atoms with E-state index in [-0.39, 0.29) is 5.41 Å². The molecule has 16 heavy (non-hydrogen) atoms. The number of piperidine rings is 1. The maximum atomic E-state index is 12.6. The summed E-state index contributed by atoms with van der Waals surface area (Å²) < 4.78 is 48.9. The SMILES string of the molecule is CC1(CNCC(F)(F)C(F)F)CCCNC1. The van der Waals surface area contributed by atoms with Gasteiger partial charge in [0.25, 0.3) is 0 Å². The van der Waals surface area contributed by atoms with Gasteiger partial charge in [-0.2, -0.15) is 8.78 Å². The van der Waals surface area contributed by atoms with Crippen molar-refractivity contribution in [3.05, 3.63) is 0 Å². The Bertz CT molecular complexity index is 215. The quantitative estimate of drug-likeness (QED) is 0.719. The maximum Gasteiger partial charge on any atom is 0.319 e. The molecule has 2 nitrogen and oxygen atoms in total. The summed E-state index contributed by atoms with van der Waals surface area (Å²) in [6.07, 6.45) is -1.69. The van der Waals surface area contributed by atoms with Gasteiger partial charge in [-0.3, -0.25) is 0 Å². The first-order chi connectivity index (χ1) is 7.36. The van der Waals surface area contributed by atoms with Crippen molar-refractivity contribution < 1.29 is 17.6 Å². The first kappa shape index (κ1) is 13.7. The predicted molar refractivity (Wildman–Crippen MR) is 54.0 cm³/mol. The van der Waals surface area contributed by atoms with Crippen LogP contribution in [0, 0.1) is 5.41 Å². The van der Waals surface area contributed by atoms with Crippen LogP contribution in [0.2, 0.25) is 0 Å². The molecule has 0 aromatic carbocycles. The molecule has 0 radical (unpaired) electrons. The lowest BCUT2D eigenvalue weighted by atomic mass is 9.83. The van der Waals surface area contributed by atoms with Gasteiger partial charge in [-0.05, 0) is 24.8 Å². The number of halogens is 4. The highest BCUT2D eigenvalue weighted by Crippen LogP contribution is 2.25. The summed E-state index contributed by atoms with van der Waals surface area (Å²) in [6.45, 7) is 3.01. The van der Waals surface area contributed by atoms with Crippen LogP contribution in [0.3, 0.4) is 0 Å². The lowest BCUT2D eigenvalue weighted by Crippen LogP contribution is -2.47. The van der Waals surface area contributed by atoms with E-state index in [4.69, 9.17) is 0 Å². The lowest BCUT2D eigenvalue weighted by molar-refractivity contribution is -0.125. The molecule has 6 heteroatoms. The van der Waals surface area contributed by atoms with Gasteiger partial charge in [0.2, 0.25) is 0 Å². The summed E-state index contributed by atoms with van der Waals surface area (Å²) >= 11 is 0. The average molecular weight is 242 g/mol. The molecule has 1 saturated heterocycles. The van der Waals surface area contributed by atoms with E-state index in [9.17, 15) is 17.6 Å². The van der Waals surface area contributed by atoms with Crippen molar-refractivity contribution in [3.8, 4) is 0 Å². The molecule has 96 valence electrons. The topological polar surface area (TPSA) is 24.1 Å². The van der Waals surface area contributed by atoms with E-state index in [0.717, 1.165) is 25.9 Å². The van der Waals surface area contributed by atoms with Gasteiger partial charge < -0.3 is 10.6 Å². The molecule has 0 aliphatic carbocycles. The molecule has 0 saturated carbocycles. The Morgan fingerprint density at radius 1 is 1.44 bits per heavy atom. The highest BCUT2D eigenvalue weighted by molar-refractivity contribution is 4.84. The third-order valence-electron chi connectivity index (χ3n) is 2.92. The van der Waals surface area contributed by atoms with Crippen molar-refractivity contribution >= 4 is 0 Å². The zero-order valence-corrected chi connectivity index (χ0v) is 9.33. The lowest BCUT2D eigenvalue weighted by Gasteiger charge is -2.34. The van der Waals surface area contributed by atoms with Crippen molar-refractivity contribution in [1.29, 1.82) is 0 Å². The van der Waals surface area contributed by atoms with E-state index in [1.165, 1.54) is 0 Å². The molecule has 1 rings (SSSR count). The number of alkyl halides is 4.